The lowest BCUT2D eigenvalue weighted by Crippen LogP contribution is -2.39. The first-order valence-corrected chi connectivity index (χ1v) is 9.35. The van der Waals surface area contributed by atoms with Crippen molar-refractivity contribution >= 4 is 23.0 Å². The van der Waals surface area contributed by atoms with Crippen LogP contribution in [0.15, 0.2) is 6.07 Å². The van der Waals surface area contributed by atoms with Gasteiger partial charge in [0, 0.05) is 41.2 Å². The fourth-order valence-electron chi connectivity index (χ4n) is 3.24. The second kappa shape index (κ2) is 8.60. The SMILES string of the molecule is CNCCC1CCN(C(=O)CCC(=O)c2cc(C)sc2C)CC1. The lowest BCUT2D eigenvalue weighted by molar-refractivity contribution is -0.132. The molecule has 128 valence electrons. The molecule has 2 heterocycles. The average molecular weight is 337 g/mol. The third-order valence-electron chi connectivity index (χ3n) is 4.68. The molecule has 0 bridgehead atoms. The molecule has 1 amide bonds. The van der Waals surface area contributed by atoms with E-state index >= 15 is 0 Å². The summed E-state index contributed by atoms with van der Waals surface area (Å²) >= 11 is 1.65. The third kappa shape index (κ3) is 5.15. The molecule has 1 saturated heterocycles. The van der Waals surface area contributed by atoms with Gasteiger partial charge in [-0.05, 0) is 58.7 Å². The van der Waals surface area contributed by atoms with E-state index in [-0.39, 0.29) is 11.7 Å². The van der Waals surface area contributed by atoms with Gasteiger partial charge in [0.25, 0.3) is 0 Å². The molecule has 0 radical (unpaired) electrons. The molecule has 0 aliphatic carbocycles. The summed E-state index contributed by atoms with van der Waals surface area (Å²) in [5.41, 5.74) is 0.797. The van der Waals surface area contributed by atoms with Crippen molar-refractivity contribution in [3.8, 4) is 0 Å². The van der Waals surface area contributed by atoms with Gasteiger partial charge < -0.3 is 10.2 Å². The summed E-state index contributed by atoms with van der Waals surface area (Å²) in [6.07, 6.45) is 4.03. The molecule has 1 aliphatic rings. The minimum absolute atomic E-state index is 0.101. The Morgan fingerprint density at radius 1 is 1.26 bits per heavy atom. The summed E-state index contributed by atoms with van der Waals surface area (Å²) in [4.78, 5) is 28.7. The topological polar surface area (TPSA) is 49.4 Å². The first kappa shape index (κ1) is 18.1. The van der Waals surface area contributed by atoms with Crippen LogP contribution in [0.4, 0.5) is 0 Å². The fraction of sp³-hybridized carbons (Fsp3) is 0.667. The van der Waals surface area contributed by atoms with Gasteiger partial charge >= 0.3 is 0 Å². The quantitative estimate of drug-likeness (QED) is 0.778. The normalized spacial score (nSPS) is 15.9. The molecule has 0 atom stereocenters. The average Bonchev–Trinajstić information content (AvgIpc) is 2.89. The van der Waals surface area contributed by atoms with Gasteiger partial charge in [-0.2, -0.15) is 0 Å². The van der Waals surface area contributed by atoms with Crippen molar-refractivity contribution in [2.75, 3.05) is 26.7 Å². The Kier molecular flexibility index (Phi) is 6.78. The highest BCUT2D eigenvalue weighted by molar-refractivity contribution is 7.12. The third-order valence-corrected chi connectivity index (χ3v) is 5.64. The van der Waals surface area contributed by atoms with Crippen molar-refractivity contribution in [3.05, 3.63) is 21.4 Å². The molecule has 1 aliphatic heterocycles. The van der Waals surface area contributed by atoms with Crippen LogP contribution in [-0.4, -0.2) is 43.3 Å². The summed E-state index contributed by atoms with van der Waals surface area (Å²) in [5.74, 6) is 0.962. The predicted octanol–water partition coefficient (Wildman–Crippen LogP) is 3.18. The van der Waals surface area contributed by atoms with Crippen molar-refractivity contribution in [1.29, 1.82) is 0 Å². The molecule has 0 unspecified atom stereocenters. The van der Waals surface area contributed by atoms with Crippen LogP contribution >= 0.6 is 11.3 Å². The summed E-state index contributed by atoms with van der Waals surface area (Å²) in [6.45, 7) is 6.73. The van der Waals surface area contributed by atoms with E-state index in [1.54, 1.807) is 11.3 Å². The van der Waals surface area contributed by atoms with Gasteiger partial charge in [0.15, 0.2) is 5.78 Å². The number of hydrogen-bond donors (Lipinski definition) is 1. The van der Waals surface area contributed by atoms with Crippen molar-refractivity contribution in [2.45, 2.75) is 46.0 Å². The number of ketones is 1. The van der Waals surface area contributed by atoms with Crippen LogP contribution in [0.5, 0.6) is 0 Å². The molecular formula is C18H28N2O2S. The number of hydrogen-bond acceptors (Lipinski definition) is 4. The molecule has 0 spiro atoms. The van der Waals surface area contributed by atoms with Gasteiger partial charge in [-0.1, -0.05) is 0 Å². The van der Waals surface area contributed by atoms with Crippen LogP contribution in [0.1, 0.15) is 52.2 Å². The lowest BCUT2D eigenvalue weighted by atomic mass is 9.93. The van der Waals surface area contributed by atoms with E-state index in [9.17, 15) is 9.59 Å². The second-order valence-corrected chi connectivity index (χ2v) is 7.93. The van der Waals surface area contributed by atoms with E-state index in [0.29, 0.717) is 12.8 Å². The number of carbonyl (C=O) groups excluding carboxylic acids is 2. The number of Topliss-reactive ketones (excluding diaryl/α,β-unsaturated/α-hetero) is 1. The number of piperidine rings is 1. The number of aryl methyl sites for hydroxylation is 2. The van der Waals surface area contributed by atoms with Crippen LogP contribution in [0.2, 0.25) is 0 Å². The zero-order valence-corrected chi connectivity index (χ0v) is 15.3. The second-order valence-electron chi connectivity index (χ2n) is 6.47. The van der Waals surface area contributed by atoms with Crippen LogP contribution in [0, 0.1) is 19.8 Å². The smallest absolute Gasteiger partial charge is 0.223 e. The van der Waals surface area contributed by atoms with E-state index in [1.165, 1.54) is 6.42 Å². The Hall–Kier alpha value is -1.20. The molecule has 5 heteroatoms. The maximum absolute atomic E-state index is 12.3. The maximum Gasteiger partial charge on any atom is 0.223 e. The van der Waals surface area contributed by atoms with Gasteiger partial charge in [0.2, 0.25) is 5.91 Å². The van der Waals surface area contributed by atoms with Gasteiger partial charge in [-0.15, -0.1) is 11.3 Å². The first-order valence-electron chi connectivity index (χ1n) is 8.54. The molecular weight excluding hydrogens is 308 g/mol. The Bertz CT molecular complexity index is 545. The number of amides is 1. The van der Waals surface area contributed by atoms with Crippen LogP contribution < -0.4 is 5.32 Å². The molecule has 0 saturated carbocycles. The highest BCUT2D eigenvalue weighted by Crippen LogP contribution is 2.23. The molecule has 0 aromatic carbocycles. The number of thiophene rings is 1. The van der Waals surface area contributed by atoms with Crippen molar-refractivity contribution in [3.63, 3.8) is 0 Å². The van der Waals surface area contributed by atoms with Crippen molar-refractivity contribution in [2.24, 2.45) is 5.92 Å². The van der Waals surface area contributed by atoms with Gasteiger partial charge in [-0.3, -0.25) is 9.59 Å². The molecule has 1 aromatic heterocycles. The molecule has 1 aromatic rings. The van der Waals surface area contributed by atoms with Crippen molar-refractivity contribution < 1.29 is 9.59 Å². The van der Waals surface area contributed by atoms with Crippen molar-refractivity contribution in [1.82, 2.24) is 10.2 Å². The molecule has 2 rings (SSSR count). The van der Waals surface area contributed by atoms with Crippen LogP contribution in [0.25, 0.3) is 0 Å². The number of likely N-dealkylation sites (tertiary alicyclic amines) is 1. The minimum Gasteiger partial charge on any atom is -0.343 e. The Balaban J connectivity index is 1.75. The Labute approximate surface area is 143 Å². The molecule has 1 fully saturated rings. The zero-order valence-electron chi connectivity index (χ0n) is 14.5. The summed E-state index contributed by atoms with van der Waals surface area (Å²) < 4.78 is 0. The molecule has 4 nitrogen and oxygen atoms in total. The van der Waals surface area contributed by atoms with Gasteiger partial charge in [0.1, 0.15) is 0 Å². The number of nitrogens with zero attached hydrogens (tertiary/aromatic N) is 1. The van der Waals surface area contributed by atoms with E-state index in [1.807, 2.05) is 31.9 Å². The van der Waals surface area contributed by atoms with Gasteiger partial charge in [0.05, 0.1) is 0 Å². The van der Waals surface area contributed by atoms with Crippen LogP contribution in [0.3, 0.4) is 0 Å². The highest BCUT2D eigenvalue weighted by atomic mass is 32.1. The van der Waals surface area contributed by atoms with E-state index < -0.39 is 0 Å². The van der Waals surface area contributed by atoms with E-state index in [2.05, 4.69) is 5.32 Å². The molecule has 23 heavy (non-hydrogen) atoms. The highest BCUT2D eigenvalue weighted by Gasteiger charge is 2.23. The molecule has 1 N–H and O–H groups in total. The predicted molar refractivity (Wildman–Crippen MR) is 95.2 cm³/mol. The summed E-state index contributed by atoms with van der Waals surface area (Å²) in [7, 11) is 1.98. The standard InChI is InChI=1S/C18H28N2O2S/c1-13-12-16(14(2)23-13)17(21)4-5-18(22)20-10-7-15(8-11-20)6-9-19-3/h12,15,19H,4-11H2,1-3H3. The van der Waals surface area contributed by atoms with Crippen LogP contribution in [-0.2, 0) is 4.79 Å². The van der Waals surface area contributed by atoms with E-state index in [0.717, 1.165) is 53.7 Å². The number of rotatable bonds is 7. The van der Waals surface area contributed by atoms with Gasteiger partial charge in [-0.25, -0.2) is 0 Å². The maximum atomic E-state index is 12.3. The first-order chi connectivity index (χ1) is 11.0. The Morgan fingerprint density at radius 3 is 2.52 bits per heavy atom. The summed E-state index contributed by atoms with van der Waals surface area (Å²) in [5, 5.41) is 3.19. The lowest BCUT2D eigenvalue weighted by Gasteiger charge is -2.32. The summed E-state index contributed by atoms with van der Waals surface area (Å²) in [6, 6.07) is 1.94. The minimum atomic E-state index is 0.101. The van der Waals surface area contributed by atoms with E-state index in [4.69, 9.17) is 0 Å². The largest absolute Gasteiger partial charge is 0.343 e. The number of carbonyl (C=O) groups is 2. The fourth-order valence-corrected chi connectivity index (χ4v) is 4.18. The zero-order chi connectivity index (χ0) is 16.8. The monoisotopic (exact) mass is 336 g/mol. The number of nitrogens with one attached hydrogen (secondary N) is 1. The Morgan fingerprint density at radius 2 is 1.96 bits per heavy atom.